The molecule has 2 rings (SSSR count). The van der Waals surface area contributed by atoms with Crippen molar-refractivity contribution in [1.29, 1.82) is 0 Å². The van der Waals surface area contributed by atoms with Gasteiger partial charge >= 0.3 is 5.97 Å². The van der Waals surface area contributed by atoms with Crippen molar-refractivity contribution in [3.63, 3.8) is 0 Å². The van der Waals surface area contributed by atoms with Gasteiger partial charge in [-0.15, -0.1) is 0 Å². The predicted octanol–water partition coefficient (Wildman–Crippen LogP) is 4.38. The summed E-state index contributed by atoms with van der Waals surface area (Å²) < 4.78 is 0. The number of hydrogen-bond acceptors (Lipinski definition) is 3. The van der Waals surface area contributed by atoms with Crippen molar-refractivity contribution in [2.45, 2.75) is 47.0 Å². The van der Waals surface area contributed by atoms with Gasteiger partial charge in [0.2, 0.25) is 0 Å². The van der Waals surface area contributed by atoms with E-state index < -0.39 is 5.97 Å². The third-order valence-corrected chi connectivity index (χ3v) is 4.06. The molecule has 3 nitrogen and oxygen atoms in total. The second-order valence-corrected chi connectivity index (χ2v) is 5.91. The Hall–Kier alpha value is -1.35. The van der Waals surface area contributed by atoms with Crippen molar-refractivity contribution < 1.29 is 14.6 Å². The highest BCUT2D eigenvalue weighted by Gasteiger charge is 2.32. The highest BCUT2D eigenvalue weighted by molar-refractivity contribution is 5.90. The molecule has 0 N–H and O–H groups in total. The number of aryl methyl sites for hydroxylation is 2. The summed E-state index contributed by atoms with van der Waals surface area (Å²) in [6, 6.07) is 5.66. The summed E-state index contributed by atoms with van der Waals surface area (Å²) in [5.74, 6) is 0.288. The molecule has 1 saturated carbocycles. The number of rotatable bonds is 3. The summed E-state index contributed by atoms with van der Waals surface area (Å²) in [5, 5.41) is 0. The van der Waals surface area contributed by atoms with Crippen LogP contribution in [0, 0.1) is 31.8 Å². The van der Waals surface area contributed by atoms with Crippen LogP contribution in [0.15, 0.2) is 18.2 Å². The second-order valence-electron chi connectivity index (χ2n) is 5.91. The molecule has 3 heteroatoms. The first kappa shape index (κ1) is 15.0. The highest BCUT2D eigenvalue weighted by Crippen LogP contribution is 2.37. The van der Waals surface area contributed by atoms with Crippen LogP contribution in [0.25, 0.3) is 0 Å². The molecule has 1 aliphatic rings. The molecule has 1 fully saturated rings. The Kier molecular flexibility index (Phi) is 4.81. The minimum Gasteiger partial charge on any atom is -0.292 e. The SMILES string of the molecule is Cc1ccc(C(=O)OO[C]2C(C)CCCC2C)c(C)c1. The Balaban J connectivity index is 1.97. The van der Waals surface area contributed by atoms with Gasteiger partial charge in [0.05, 0.1) is 5.56 Å². The zero-order valence-electron chi connectivity index (χ0n) is 12.7. The molecule has 0 amide bonds. The predicted molar refractivity (Wildman–Crippen MR) is 77.8 cm³/mol. The molecule has 1 aromatic rings. The monoisotopic (exact) mass is 275 g/mol. The first-order valence-electron chi connectivity index (χ1n) is 7.32. The van der Waals surface area contributed by atoms with Crippen molar-refractivity contribution in [1.82, 2.24) is 0 Å². The Labute approximate surface area is 121 Å². The Morgan fingerprint density at radius 2 is 1.80 bits per heavy atom. The van der Waals surface area contributed by atoms with E-state index in [0.29, 0.717) is 17.4 Å². The first-order chi connectivity index (χ1) is 9.49. The topological polar surface area (TPSA) is 35.5 Å². The molecular weight excluding hydrogens is 252 g/mol. The van der Waals surface area contributed by atoms with Gasteiger partial charge in [-0.3, -0.25) is 4.89 Å². The van der Waals surface area contributed by atoms with Crippen LogP contribution in [-0.4, -0.2) is 5.97 Å². The van der Waals surface area contributed by atoms with Gasteiger partial charge in [-0.1, -0.05) is 38.0 Å². The van der Waals surface area contributed by atoms with Crippen LogP contribution in [0.1, 0.15) is 54.6 Å². The molecular formula is C17H23O3. The average Bonchev–Trinajstić information content (AvgIpc) is 2.37. The molecule has 2 unspecified atom stereocenters. The Morgan fingerprint density at radius 3 is 2.40 bits per heavy atom. The van der Waals surface area contributed by atoms with E-state index >= 15 is 0 Å². The van der Waals surface area contributed by atoms with Crippen molar-refractivity contribution in [3.05, 3.63) is 41.0 Å². The van der Waals surface area contributed by atoms with Gasteiger partial charge in [0.1, 0.15) is 0 Å². The average molecular weight is 275 g/mol. The van der Waals surface area contributed by atoms with Crippen LogP contribution in [0.5, 0.6) is 0 Å². The van der Waals surface area contributed by atoms with E-state index in [-0.39, 0.29) is 0 Å². The largest absolute Gasteiger partial charge is 0.373 e. The third-order valence-electron chi connectivity index (χ3n) is 4.06. The van der Waals surface area contributed by atoms with Crippen LogP contribution in [-0.2, 0) is 9.78 Å². The van der Waals surface area contributed by atoms with Crippen molar-refractivity contribution in [2.75, 3.05) is 0 Å². The molecule has 2 atom stereocenters. The van der Waals surface area contributed by atoms with Gasteiger partial charge < -0.3 is 0 Å². The Morgan fingerprint density at radius 1 is 1.15 bits per heavy atom. The van der Waals surface area contributed by atoms with E-state index in [1.54, 1.807) is 6.07 Å². The van der Waals surface area contributed by atoms with Crippen molar-refractivity contribution >= 4 is 5.97 Å². The maximum absolute atomic E-state index is 12.1. The highest BCUT2D eigenvalue weighted by atomic mass is 17.2. The lowest BCUT2D eigenvalue weighted by Gasteiger charge is -2.31. The summed E-state index contributed by atoms with van der Waals surface area (Å²) in [4.78, 5) is 22.5. The molecule has 20 heavy (non-hydrogen) atoms. The molecule has 1 aliphatic carbocycles. The molecule has 0 bridgehead atoms. The van der Waals surface area contributed by atoms with E-state index in [0.717, 1.165) is 30.1 Å². The number of hydrogen-bond donors (Lipinski definition) is 0. The lowest BCUT2D eigenvalue weighted by atomic mass is 9.81. The number of carbonyl (C=O) groups is 1. The van der Waals surface area contributed by atoms with Gasteiger partial charge in [-0.05, 0) is 50.2 Å². The third kappa shape index (κ3) is 3.40. The van der Waals surface area contributed by atoms with Crippen LogP contribution < -0.4 is 0 Å². The smallest absolute Gasteiger partial charge is 0.292 e. The maximum atomic E-state index is 12.1. The van der Waals surface area contributed by atoms with Crippen LogP contribution >= 0.6 is 0 Å². The first-order valence-corrected chi connectivity index (χ1v) is 7.32. The zero-order chi connectivity index (χ0) is 14.7. The van der Waals surface area contributed by atoms with E-state index in [1.807, 2.05) is 26.0 Å². The number of benzene rings is 1. The molecule has 1 radical (unpaired) electrons. The lowest BCUT2D eigenvalue weighted by Crippen LogP contribution is -2.26. The van der Waals surface area contributed by atoms with E-state index in [9.17, 15) is 4.79 Å². The second kappa shape index (κ2) is 6.40. The van der Waals surface area contributed by atoms with Gasteiger partial charge in [0.15, 0.2) is 6.10 Å². The minimum absolute atomic E-state index is 0.352. The van der Waals surface area contributed by atoms with Gasteiger partial charge in [-0.2, -0.15) is 4.89 Å². The molecule has 0 spiro atoms. The fraction of sp³-hybridized carbons (Fsp3) is 0.529. The number of carbonyl (C=O) groups excluding carboxylic acids is 1. The Bertz CT molecular complexity index is 471. The van der Waals surface area contributed by atoms with E-state index in [2.05, 4.69) is 13.8 Å². The van der Waals surface area contributed by atoms with Gasteiger partial charge in [0, 0.05) is 0 Å². The maximum Gasteiger partial charge on any atom is 0.373 e. The summed E-state index contributed by atoms with van der Waals surface area (Å²) >= 11 is 0. The van der Waals surface area contributed by atoms with E-state index in [1.165, 1.54) is 6.42 Å². The summed E-state index contributed by atoms with van der Waals surface area (Å²) in [6.45, 7) is 8.15. The van der Waals surface area contributed by atoms with Gasteiger partial charge in [-0.25, -0.2) is 4.79 Å². The standard InChI is InChI=1S/C17H23O3/c1-11-8-9-15(14(4)10-11)17(18)20-19-16-12(2)6-5-7-13(16)3/h8-10,12-13H,5-7H2,1-4H3. The van der Waals surface area contributed by atoms with Crippen LogP contribution in [0.3, 0.4) is 0 Å². The molecule has 0 aromatic heterocycles. The van der Waals surface area contributed by atoms with Crippen molar-refractivity contribution in [3.8, 4) is 0 Å². The van der Waals surface area contributed by atoms with Crippen LogP contribution in [0.2, 0.25) is 0 Å². The molecule has 109 valence electrons. The van der Waals surface area contributed by atoms with Crippen LogP contribution in [0.4, 0.5) is 0 Å². The molecule has 1 aromatic carbocycles. The fourth-order valence-corrected chi connectivity index (χ4v) is 2.84. The minimum atomic E-state index is -0.417. The van der Waals surface area contributed by atoms with E-state index in [4.69, 9.17) is 9.78 Å². The normalized spacial score (nSPS) is 23.6. The summed E-state index contributed by atoms with van der Waals surface area (Å²) in [6.07, 6.45) is 4.30. The fourth-order valence-electron chi connectivity index (χ4n) is 2.84. The lowest BCUT2D eigenvalue weighted by molar-refractivity contribution is -0.253. The zero-order valence-corrected chi connectivity index (χ0v) is 12.7. The quantitative estimate of drug-likeness (QED) is 0.606. The summed E-state index contributed by atoms with van der Waals surface area (Å²) in [5.41, 5.74) is 2.60. The molecule has 0 heterocycles. The van der Waals surface area contributed by atoms with Gasteiger partial charge in [0.25, 0.3) is 0 Å². The molecule has 0 aliphatic heterocycles. The summed E-state index contributed by atoms with van der Waals surface area (Å²) in [7, 11) is 0. The van der Waals surface area contributed by atoms with Crippen molar-refractivity contribution in [2.24, 2.45) is 11.8 Å². The molecule has 0 saturated heterocycles.